The molecule has 0 bridgehead atoms. The number of hydrogen-bond donors (Lipinski definition) is 1. The predicted molar refractivity (Wildman–Crippen MR) is 65.8 cm³/mol. The smallest absolute Gasteiger partial charge is 0.0701 e. The van der Waals surface area contributed by atoms with Crippen molar-refractivity contribution in [2.24, 2.45) is 5.92 Å². The fourth-order valence-corrected chi connectivity index (χ4v) is 1.16. The van der Waals surface area contributed by atoms with Crippen LogP contribution in [-0.2, 0) is 14.2 Å². The lowest BCUT2D eigenvalue weighted by Crippen LogP contribution is -2.24. The van der Waals surface area contributed by atoms with Gasteiger partial charge in [0.1, 0.15) is 0 Å². The Balaban J connectivity index is 2.88. The highest BCUT2D eigenvalue weighted by molar-refractivity contribution is 4.49. The Kier molecular flexibility index (Phi) is 12.8. The number of ether oxygens (including phenoxy) is 3. The van der Waals surface area contributed by atoms with Crippen molar-refractivity contribution in [3.8, 4) is 0 Å². The van der Waals surface area contributed by atoms with Crippen molar-refractivity contribution in [2.75, 3.05) is 53.2 Å². The zero-order chi connectivity index (χ0) is 12.1. The van der Waals surface area contributed by atoms with Gasteiger partial charge in [0.15, 0.2) is 0 Å². The third kappa shape index (κ3) is 13.8. The van der Waals surface area contributed by atoms with Crippen LogP contribution in [0.4, 0.5) is 0 Å². The maximum absolute atomic E-state index is 5.40. The van der Waals surface area contributed by atoms with E-state index < -0.39 is 0 Å². The molecule has 0 aliphatic carbocycles. The van der Waals surface area contributed by atoms with Crippen LogP contribution in [0.25, 0.3) is 0 Å². The summed E-state index contributed by atoms with van der Waals surface area (Å²) in [6.07, 6.45) is 0.951. The summed E-state index contributed by atoms with van der Waals surface area (Å²) < 4.78 is 15.7. The van der Waals surface area contributed by atoms with Gasteiger partial charge in [0, 0.05) is 26.9 Å². The quantitative estimate of drug-likeness (QED) is 0.516. The third-order valence-electron chi connectivity index (χ3n) is 1.98. The SMILES string of the molecule is COCCCOCCOCCNCC(C)C. The van der Waals surface area contributed by atoms with Crippen LogP contribution < -0.4 is 5.32 Å². The van der Waals surface area contributed by atoms with E-state index in [0.29, 0.717) is 19.1 Å². The number of nitrogens with one attached hydrogen (secondary N) is 1. The molecule has 4 nitrogen and oxygen atoms in total. The molecule has 1 N–H and O–H groups in total. The van der Waals surface area contributed by atoms with Crippen LogP contribution in [0.1, 0.15) is 20.3 Å². The highest BCUT2D eigenvalue weighted by atomic mass is 16.5. The second kappa shape index (κ2) is 12.9. The fraction of sp³-hybridized carbons (Fsp3) is 1.00. The Morgan fingerprint density at radius 3 is 2.25 bits per heavy atom. The minimum atomic E-state index is 0.674. The molecule has 16 heavy (non-hydrogen) atoms. The van der Waals surface area contributed by atoms with Crippen molar-refractivity contribution in [3.05, 3.63) is 0 Å². The Morgan fingerprint density at radius 2 is 1.62 bits per heavy atom. The molecule has 0 saturated carbocycles. The second-order valence-electron chi connectivity index (χ2n) is 4.17. The lowest BCUT2D eigenvalue weighted by Gasteiger charge is -2.08. The molecule has 4 heteroatoms. The molecule has 98 valence electrons. The standard InChI is InChI=1S/C12H27NO3/c1-12(2)11-13-5-8-16-10-9-15-7-4-6-14-3/h12-13H,4-11H2,1-3H3. The summed E-state index contributed by atoms with van der Waals surface area (Å²) in [5.74, 6) is 0.698. The van der Waals surface area contributed by atoms with E-state index in [2.05, 4.69) is 19.2 Å². The van der Waals surface area contributed by atoms with Crippen LogP contribution in [0.2, 0.25) is 0 Å². The van der Waals surface area contributed by atoms with Gasteiger partial charge in [-0.3, -0.25) is 0 Å². The molecule has 0 radical (unpaired) electrons. The summed E-state index contributed by atoms with van der Waals surface area (Å²) in [5.41, 5.74) is 0. The molecule has 0 atom stereocenters. The van der Waals surface area contributed by atoms with Gasteiger partial charge in [-0.2, -0.15) is 0 Å². The predicted octanol–water partition coefficient (Wildman–Crippen LogP) is 1.30. The molecule has 0 amide bonds. The van der Waals surface area contributed by atoms with E-state index in [9.17, 15) is 0 Å². The maximum atomic E-state index is 5.40. The minimum absolute atomic E-state index is 0.674. The highest BCUT2D eigenvalue weighted by Gasteiger charge is 1.93. The van der Waals surface area contributed by atoms with Gasteiger partial charge in [0.25, 0.3) is 0 Å². The van der Waals surface area contributed by atoms with Crippen molar-refractivity contribution in [1.29, 1.82) is 0 Å². The summed E-state index contributed by atoms with van der Waals surface area (Å²) in [4.78, 5) is 0. The molecule has 0 aromatic carbocycles. The van der Waals surface area contributed by atoms with Crippen molar-refractivity contribution >= 4 is 0 Å². The van der Waals surface area contributed by atoms with Crippen LogP contribution in [0.15, 0.2) is 0 Å². The van der Waals surface area contributed by atoms with Crippen molar-refractivity contribution < 1.29 is 14.2 Å². The van der Waals surface area contributed by atoms with Gasteiger partial charge in [-0.15, -0.1) is 0 Å². The Bertz CT molecular complexity index is 131. The van der Waals surface area contributed by atoms with Gasteiger partial charge in [-0.1, -0.05) is 13.8 Å². The first kappa shape index (κ1) is 15.8. The van der Waals surface area contributed by atoms with Crippen LogP contribution in [-0.4, -0.2) is 53.2 Å². The van der Waals surface area contributed by atoms with E-state index in [-0.39, 0.29) is 0 Å². The molecule has 0 spiro atoms. The van der Waals surface area contributed by atoms with Crippen LogP contribution in [0, 0.1) is 5.92 Å². The fourth-order valence-electron chi connectivity index (χ4n) is 1.16. The summed E-state index contributed by atoms with van der Waals surface area (Å²) in [5, 5.41) is 3.32. The van der Waals surface area contributed by atoms with Gasteiger partial charge in [-0.05, 0) is 18.9 Å². The van der Waals surface area contributed by atoms with Gasteiger partial charge < -0.3 is 19.5 Å². The molecule has 0 aromatic heterocycles. The number of methoxy groups -OCH3 is 1. The first-order valence-electron chi connectivity index (χ1n) is 6.12. The zero-order valence-corrected chi connectivity index (χ0v) is 11.0. The van der Waals surface area contributed by atoms with Crippen LogP contribution in [0.3, 0.4) is 0 Å². The Labute approximate surface area is 99.6 Å². The number of hydrogen-bond acceptors (Lipinski definition) is 4. The van der Waals surface area contributed by atoms with Crippen LogP contribution in [0.5, 0.6) is 0 Å². The van der Waals surface area contributed by atoms with E-state index >= 15 is 0 Å². The summed E-state index contributed by atoms with van der Waals surface area (Å²) >= 11 is 0. The van der Waals surface area contributed by atoms with Crippen molar-refractivity contribution in [3.63, 3.8) is 0 Å². The number of rotatable bonds is 12. The molecule has 0 unspecified atom stereocenters. The van der Waals surface area contributed by atoms with Gasteiger partial charge in [0.05, 0.1) is 19.8 Å². The van der Waals surface area contributed by atoms with Crippen molar-refractivity contribution in [1.82, 2.24) is 5.32 Å². The molecule has 0 aliphatic heterocycles. The molecule has 0 rings (SSSR count). The van der Waals surface area contributed by atoms with E-state index in [0.717, 1.165) is 39.3 Å². The molecular formula is C12H27NO3. The van der Waals surface area contributed by atoms with Gasteiger partial charge in [-0.25, -0.2) is 0 Å². The second-order valence-corrected chi connectivity index (χ2v) is 4.17. The largest absolute Gasteiger partial charge is 0.385 e. The van der Waals surface area contributed by atoms with E-state index in [1.807, 2.05) is 0 Å². The average molecular weight is 233 g/mol. The van der Waals surface area contributed by atoms with E-state index in [1.54, 1.807) is 7.11 Å². The van der Waals surface area contributed by atoms with E-state index in [1.165, 1.54) is 0 Å². The van der Waals surface area contributed by atoms with Crippen LogP contribution >= 0.6 is 0 Å². The van der Waals surface area contributed by atoms with Gasteiger partial charge in [0.2, 0.25) is 0 Å². The Hall–Kier alpha value is -0.160. The summed E-state index contributed by atoms with van der Waals surface area (Å²) in [6.45, 7) is 9.99. The topological polar surface area (TPSA) is 39.7 Å². The van der Waals surface area contributed by atoms with Gasteiger partial charge >= 0.3 is 0 Å². The lowest BCUT2D eigenvalue weighted by molar-refractivity contribution is 0.0407. The maximum Gasteiger partial charge on any atom is 0.0701 e. The highest BCUT2D eigenvalue weighted by Crippen LogP contribution is 1.87. The normalized spacial score (nSPS) is 11.2. The van der Waals surface area contributed by atoms with E-state index in [4.69, 9.17) is 14.2 Å². The molecule has 0 aromatic rings. The first-order chi connectivity index (χ1) is 7.77. The zero-order valence-electron chi connectivity index (χ0n) is 11.0. The molecular weight excluding hydrogens is 206 g/mol. The molecule has 0 aliphatic rings. The first-order valence-corrected chi connectivity index (χ1v) is 6.12. The molecule has 0 fully saturated rings. The monoisotopic (exact) mass is 233 g/mol. The third-order valence-corrected chi connectivity index (χ3v) is 1.98. The Morgan fingerprint density at radius 1 is 0.938 bits per heavy atom. The lowest BCUT2D eigenvalue weighted by atomic mass is 10.2. The average Bonchev–Trinajstić information content (AvgIpc) is 2.25. The summed E-state index contributed by atoms with van der Waals surface area (Å²) in [7, 11) is 1.70. The van der Waals surface area contributed by atoms with Crippen molar-refractivity contribution in [2.45, 2.75) is 20.3 Å². The molecule has 0 saturated heterocycles. The molecule has 0 heterocycles. The minimum Gasteiger partial charge on any atom is -0.385 e. The summed E-state index contributed by atoms with van der Waals surface area (Å²) in [6, 6.07) is 0.